The molecule has 0 spiro atoms. The highest BCUT2D eigenvalue weighted by Crippen LogP contribution is 2.17. The average Bonchev–Trinajstić information content (AvgIpc) is 2.57. The minimum Gasteiger partial charge on any atom is -0.497 e. The van der Waals surface area contributed by atoms with Crippen LogP contribution in [-0.4, -0.2) is 25.1 Å². The quantitative estimate of drug-likeness (QED) is 0.827. The molecule has 0 radical (unpaired) electrons. The van der Waals surface area contributed by atoms with Crippen molar-refractivity contribution in [1.82, 2.24) is 0 Å². The van der Waals surface area contributed by atoms with Crippen LogP contribution in [0.5, 0.6) is 5.75 Å². The van der Waals surface area contributed by atoms with Gasteiger partial charge in [-0.15, -0.1) is 0 Å². The van der Waals surface area contributed by atoms with Crippen LogP contribution >= 0.6 is 0 Å². The molecule has 0 aliphatic carbocycles. The number of hydrogen-bond acceptors (Lipinski definition) is 4. The number of ether oxygens (including phenoxy) is 2. The number of amides is 1. The van der Waals surface area contributed by atoms with Crippen molar-refractivity contribution in [2.75, 3.05) is 12.4 Å². The molecule has 1 atom stereocenters. The summed E-state index contributed by atoms with van der Waals surface area (Å²) in [7, 11) is 1.53. The molecule has 24 heavy (non-hydrogen) atoms. The molecule has 0 saturated heterocycles. The molecule has 0 unspecified atom stereocenters. The van der Waals surface area contributed by atoms with E-state index in [2.05, 4.69) is 5.32 Å². The van der Waals surface area contributed by atoms with E-state index < -0.39 is 18.0 Å². The summed E-state index contributed by atoms with van der Waals surface area (Å²) in [6, 6.07) is 12.4. The molecule has 2 aromatic rings. The summed E-state index contributed by atoms with van der Waals surface area (Å²) in [6.45, 7) is 1.48. The molecule has 2 aromatic carbocycles. The van der Waals surface area contributed by atoms with Gasteiger partial charge in [0.25, 0.3) is 5.91 Å². The molecule has 0 saturated carbocycles. The van der Waals surface area contributed by atoms with Gasteiger partial charge in [0.15, 0.2) is 6.10 Å². The van der Waals surface area contributed by atoms with E-state index in [1.165, 1.54) is 38.3 Å². The minimum atomic E-state index is -0.954. The fourth-order valence-electron chi connectivity index (χ4n) is 2.01. The summed E-state index contributed by atoms with van der Waals surface area (Å²) in [5.41, 5.74) is 1.16. The van der Waals surface area contributed by atoms with Crippen molar-refractivity contribution in [3.8, 4) is 5.75 Å². The first-order valence-electron chi connectivity index (χ1n) is 7.37. The Labute approximate surface area is 139 Å². The SMILES string of the molecule is COc1cccc(NC(=O)[C@H](C)OC(=O)Cc2ccc(F)cc2)c1. The fraction of sp³-hybridized carbons (Fsp3) is 0.222. The van der Waals surface area contributed by atoms with Crippen LogP contribution in [-0.2, 0) is 20.7 Å². The van der Waals surface area contributed by atoms with Crippen molar-refractivity contribution in [1.29, 1.82) is 0 Å². The Kier molecular flexibility index (Phi) is 5.89. The van der Waals surface area contributed by atoms with Crippen LogP contribution in [0.1, 0.15) is 12.5 Å². The number of methoxy groups -OCH3 is 1. The maximum absolute atomic E-state index is 12.8. The molecule has 6 heteroatoms. The third kappa shape index (κ3) is 5.08. The Morgan fingerprint density at radius 2 is 1.88 bits per heavy atom. The largest absolute Gasteiger partial charge is 0.497 e. The molecule has 0 heterocycles. The van der Waals surface area contributed by atoms with E-state index in [0.717, 1.165) is 0 Å². The molecule has 0 fully saturated rings. The van der Waals surface area contributed by atoms with Crippen molar-refractivity contribution in [2.45, 2.75) is 19.4 Å². The highest BCUT2D eigenvalue weighted by atomic mass is 19.1. The van der Waals surface area contributed by atoms with Gasteiger partial charge in [0.2, 0.25) is 0 Å². The fourth-order valence-corrected chi connectivity index (χ4v) is 2.01. The highest BCUT2D eigenvalue weighted by molar-refractivity contribution is 5.95. The van der Waals surface area contributed by atoms with Crippen molar-refractivity contribution in [3.63, 3.8) is 0 Å². The summed E-state index contributed by atoms with van der Waals surface area (Å²) >= 11 is 0. The number of nitrogens with one attached hydrogen (secondary N) is 1. The van der Waals surface area contributed by atoms with E-state index in [1.54, 1.807) is 24.3 Å². The number of hydrogen-bond donors (Lipinski definition) is 1. The van der Waals surface area contributed by atoms with Crippen LogP contribution in [0.3, 0.4) is 0 Å². The number of anilines is 1. The van der Waals surface area contributed by atoms with Gasteiger partial charge in [-0.25, -0.2) is 4.39 Å². The second kappa shape index (κ2) is 8.10. The second-order valence-corrected chi connectivity index (χ2v) is 5.16. The van der Waals surface area contributed by atoms with Crippen LogP contribution in [0.25, 0.3) is 0 Å². The number of benzene rings is 2. The first kappa shape index (κ1) is 17.5. The van der Waals surface area contributed by atoms with Crippen molar-refractivity contribution >= 4 is 17.6 Å². The second-order valence-electron chi connectivity index (χ2n) is 5.16. The molecule has 1 N–H and O–H groups in total. The smallest absolute Gasteiger partial charge is 0.311 e. The number of halogens is 1. The van der Waals surface area contributed by atoms with Gasteiger partial charge in [0, 0.05) is 11.8 Å². The number of carbonyl (C=O) groups is 2. The monoisotopic (exact) mass is 331 g/mol. The number of rotatable bonds is 6. The van der Waals surface area contributed by atoms with E-state index in [4.69, 9.17) is 9.47 Å². The van der Waals surface area contributed by atoms with Crippen molar-refractivity contribution in [2.24, 2.45) is 0 Å². The molecule has 0 bridgehead atoms. The molecule has 0 aromatic heterocycles. The zero-order valence-electron chi connectivity index (χ0n) is 13.4. The lowest BCUT2D eigenvalue weighted by molar-refractivity contribution is -0.152. The first-order valence-corrected chi connectivity index (χ1v) is 7.37. The maximum Gasteiger partial charge on any atom is 0.311 e. The van der Waals surface area contributed by atoms with Gasteiger partial charge in [0.05, 0.1) is 13.5 Å². The average molecular weight is 331 g/mol. The summed E-state index contributed by atoms with van der Waals surface area (Å²) in [5.74, 6) is -0.780. The van der Waals surface area contributed by atoms with Gasteiger partial charge in [0.1, 0.15) is 11.6 Å². The predicted octanol–water partition coefficient (Wildman–Crippen LogP) is 2.95. The summed E-state index contributed by atoms with van der Waals surface area (Å²) in [6.07, 6.45) is -0.985. The van der Waals surface area contributed by atoms with Gasteiger partial charge in [-0.1, -0.05) is 18.2 Å². The summed E-state index contributed by atoms with van der Waals surface area (Å²) in [5, 5.41) is 2.65. The van der Waals surface area contributed by atoms with Gasteiger partial charge in [-0.2, -0.15) is 0 Å². The van der Waals surface area contributed by atoms with E-state index in [-0.39, 0.29) is 12.2 Å². The minimum absolute atomic E-state index is 0.0307. The summed E-state index contributed by atoms with van der Waals surface area (Å²) < 4.78 is 23.0. The molecular weight excluding hydrogens is 313 g/mol. The molecule has 1 amide bonds. The van der Waals surface area contributed by atoms with Gasteiger partial charge < -0.3 is 14.8 Å². The van der Waals surface area contributed by atoms with Gasteiger partial charge in [-0.3, -0.25) is 9.59 Å². The molecular formula is C18H18FNO4. The lowest BCUT2D eigenvalue weighted by Crippen LogP contribution is -2.30. The van der Waals surface area contributed by atoms with Crippen LogP contribution in [0, 0.1) is 5.82 Å². The van der Waals surface area contributed by atoms with E-state index in [9.17, 15) is 14.0 Å². The van der Waals surface area contributed by atoms with Crippen molar-refractivity contribution in [3.05, 3.63) is 59.9 Å². The number of carbonyl (C=O) groups excluding carboxylic acids is 2. The van der Waals surface area contributed by atoms with E-state index >= 15 is 0 Å². The first-order chi connectivity index (χ1) is 11.5. The van der Waals surface area contributed by atoms with Gasteiger partial charge >= 0.3 is 5.97 Å². The van der Waals surface area contributed by atoms with E-state index in [0.29, 0.717) is 17.0 Å². The third-order valence-electron chi connectivity index (χ3n) is 3.28. The molecule has 0 aliphatic rings. The predicted molar refractivity (Wildman–Crippen MR) is 87.3 cm³/mol. The third-order valence-corrected chi connectivity index (χ3v) is 3.28. The lowest BCUT2D eigenvalue weighted by atomic mass is 10.1. The maximum atomic E-state index is 12.8. The van der Waals surface area contributed by atoms with E-state index in [1.807, 2.05) is 0 Å². The van der Waals surface area contributed by atoms with Crippen LogP contribution in [0.15, 0.2) is 48.5 Å². The van der Waals surface area contributed by atoms with Crippen molar-refractivity contribution < 1.29 is 23.5 Å². The lowest BCUT2D eigenvalue weighted by Gasteiger charge is -2.14. The number of esters is 1. The van der Waals surface area contributed by atoms with Crippen LogP contribution in [0.2, 0.25) is 0 Å². The Balaban J connectivity index is 1.88. The Hall–Kier alpha value is -2.89. The topological polar surface area (TPSA) is 64.6 Å². The molecule has 5 nitrogen and oxygen atoms in total. The van der Waals surface area contributed by atoms with Crippen LogP contribution in [0.4, 0.5) is 10.1 Å². The summed E-state index contributed by atoms with van der Waals surface area (Å²) in [4.78, 5) is 23.9. The van der Waals surface area contributed by atoms with Gasteiger partial charge in [-0.05, 0) is 36.8 Å². The molecule has 2 rings (SSSR count). The normalized spacial score (nSPS) is 11.5. The Bertz CT molecular complexity index is 715. The highest BCUT2D eigenvalue weighted by Gasteiger charge is 2.18. The zero-order chi connectivity index (χ0) is 17.5. The molecule has 0 aliphatic heterocycles. The molecule has 126 valence electrons. The zero-order valence-corrected chi connectivity index (χ0v) is 13.4. The Morgan fingerprint density at radius 3 is 2.54 bits per heavy atom. The standard InChI is InChI=1S/C18H18FNO4/c1-12(18(22)20-15-4-3-5-16(11-15)23-2)24-17(21)10-13-6-8-14(19)9-7-13/h3-9,11-12H,10H2,1-2H3,(H,20,22)/t12-/m0/s1. The Morgan fingerprint density at radius 1 is 1.17 bits per heavy atom. The van der Waals surface area contributed by atoms with Crippen LogP contribution < -0.4 is 10.1 Å².